The number of hydrogen-bond donors (Lipinski definition) is 0. The first-order chi connectivity index (χ1) is 9.33. The standard InChI is InChI=1S/C15H12N4/c1-11-5-7-12(8-6-11)14-10-17-15(19-18-14)13-4-2-3-9-16-13/h2-10H,1H3. The zero-order chi connectivity index (χ0) is 13.1. The summed E-state index contributed by atoms with van der Waals surface area (Å²) in [6.45, 7) is 2.05. The van der Waals surface area contributed by atoms with Gasteiger partial charge in [-0.05, 0) is 19.1 Å². The molecule has 0 saturated carbocycles. The van der Waals surface area contributed by atoms with Crippen LogP contribution < -0.4 is 0 Å². The highest BCUT2D eigenvalue weighted by atomic mass is 15.2. The summed E-state index contributed by atoms with van der Waals surface area (Å²) in [6, 6.07) is 13.7. The van der Waals surface area contributed by atoms with E-state index in [-0.39, 0.29) is 0 Å². The monoisotopic (exact) mass is 248 g/mol. The maximum absolute atomic E-state index is 4.31. The van der Waals surface area contributed by atoms with Crippen LogP contribution in [0.3, 0.4) is 0 Å². The first-order valence-electron chi connectivity index (χ1n) is 6.01. The average Bonchev–Trinajstić information content (AvgIpc) is 2.49. The van der Waals surface area contributed by atoms with E-state index in [0.29, 0.717) is 5.82 Å². The summed E-state index contributed by atoms with van der Waals surface area (Å²) in [6.07, 6.45) is 3.44. The fraction of sp³-hybridized carbons (Fsp3) is 0.0667. The summed E-state index contributed by atoms with van der Waals surface area (Å²) in [5.74, 6) is 0.538. The minimum atomic E-state index is 0.538. The molecule has 0 saturated heterocycles. The third-order valence-electron chi connectivity index (χ3n) is 2.80. The maximum atomic E-state index is 4.31. The molecule has 0 radical (unpaired) electrons. The minimum Gasteiger partial charge on any atom is -0.253 e. The Kier molecular flexibility index (Phi) is 2.98. The fourth-order valence-corrected chi connectivity index (χ4v) is 1.74. The van der Waals surface area contributed by atoms with Crippen molar-refractivity contribution in [3.05, 3.63) is 60.4 Å². The molecule has 4 nitrogen and oxygen atoms in total. The van der Waals surface area contributed by atoms with E-state index in [1.807, 2.05) is 42.5 Å². The average molecular weight is 248 g/mol. The Labute approximate surface area is 111 Å². The van der Waals surface area contributed by atoms with Crippen LogP contribution in [-0.4, -0.2) is 20.2 Å². The molecule has 2 heterocycles. The second kappa shape index (κ2) is 4.94. The molecule has 4 heteroatoms. The molecule has 0 spiro atoms. The first-order valence-corrected chi connectivity index (χ1v) is 6.01. The number of benzene rings is 1. The van der Waals surface area contributed by atoms with Gasteiger partial charge < -0.3 is 0 Å². The number of aromatic nitrogens is 4. The van der Waals surface area contributed by atoms with E-state index >= 15 is 0 Å². The van der Waals surface area contributed by atoms with Gasteiger partial charge in [0.25, 0.3) is 0 Å². The largest absolute Gasteiger partial charge is 0.253 e. The van der Waals surface area contributed by atoms with Gasteiger partial charge in [-0.3, -0.25) is 4.98 Å². The molecule has 1 aromatic carbocycles. The Bertz CT molecular complexity index is 661. The molecular weight excluding hydrogens is 236 g/mol. The molecule has 92 valence electrons. The van der Waals surface area contributed by atoms with Crippen LogP contribution in [-0.2, 0) is 0 Å². The van der Waals surface area contributed by atoms with Gasteiger partial charge in [-0.2, -0.15) is 0 Å². The second-order valence-electron chi connectivity index (χ2n) is 4.25. The number of aryl methyl sites for hydroxylation is 1. The van der Waals surface area contributed by atoms with Crippen molar-refractivity contribution in [2.75, 3.05) is 0 Å². The van der Waals surface area contributed by atoms with Gasteiger partial charge in [0.2, 0.25) is 0 Å². The summed E-state index contributed by atoms with van der Waals surface area (Å²) in [7, 11) is 0. The zero-order valence-corrected chi connectivity index (χ0v) is 10.5. The van der Waals surface area contributed by atoms with Crippen molar-refractivity contribution in [1.82, 2.24) is 20.2 Å². The van der Waals surface area contributed by atoms with E-state index in [2.05, 4.69) is 27.1 Å². The van der Waals surface area contributed by atoms with Gasteiger partial charge >= 0.3 is 0 Å². The highest BCUT2D eigenvalue weighted by Crippen LogP contribution is 2.17. The van der Waals surface area contributed by atoms with E-state index in [1.54, 1.807) is 12.4 Å². The number of hydrogen-bond acceptors (Lipinski definition) is 4. The molecule has 3 aromatic rings. The molecule has 19 heavy (non-hydrogen) atoms. The van der Waals surface area contributed by atoms with Crippen molar-refractivity contribution < 1.29 is 0 Å². The van der Waals surface area contributed by atoms with Crippen molar-refractivity contribution in [1.29, 1.82) is 0 Å². The van der Waals surface area contributed by atoms with Crippen LogP contribution in [0.5, 0.6) is 0 Å². The number of nitrogens with zero attached hydrogens (tertiary/aromatic N) is 4. The topological polar surface area (TPSA) is 51.6 Å². The minimum absolute atomic E-state index is 0.538. The van der Waals surface area contributed by atoms with Crippen LogP contribution in [0.4, 0.5) is 0 Å². The summed E-state index contributed by atoms with van der Waals surface area (Å²) >= 11 is 0. The summed E-state index contributed by atoms with van der Waals surface area (Å²) in [5.41, 5.74) is 3.72. The van der Waals surface area contributed by atoms with Gasteiger partial charge in [-0.1, -0.05) is 35.9 Å². The summed E-state index contributed by atoms with van der Waals surface area (Å²) < 4.78 is 0. The molecule has 3 rings (SSSR count). The first kappa shape index (κ1) is 11.5. The molecule has 0 fully saturated rings. The molecule has 0 aliphatic heterocycles. The Hall–Kier alpha value is -2.62. The Morgan fingerprint density at radius 3 is 2.26 bits per heavy atom. The highest BCUT2D eigenvalue weighted by Gasteiger charge is 2.04. The van der Waals surface area contributed by atoms with Gasteiger partial charge in [0, 0.05) is 11.8 Å². The fourth-order valence-electron chi connectivity index (χ4n) is 1.74. The zero-order valence-electron chi connectivity index (χ0n) is 10.5. The number of pyridine rings is 1. The molecule has 0 unspecified atom stereocenters. The molecule has 0 bridgehead atoms. The predicted molar refractivity (Wildman–Crippen MR) is 73.2 cm³/mol. The lowest BCUT2D eigenvalue weighted by atomic mass is 10.1. The highest BCUT2D eigenvalue weighted by molar-refractivity contribution is 5.59. The van der Waals surface area contributed by atoms with E-state index in [4.69, 9.17) is 0 Å². The third-order valence-corrected chi connectivity index (χ3v) is 2.80. The predicted octanol–water partition coefficient (Wildman–Crippen LogP) is 2.91. The molecule has 0 amide bonds. The third kappa shape index (κ3) is 2.47. The SMILES string of the molecule is Cc1ccc(-c2cnc(-c3ccccn3)nn2)cc1. The molecule has 0 atom stereocenters. The van der Waals surface area contributed by atoms with Gasteiger partial charge in [-0.15, -0.1) is 10.2 Å². The lowest BCUT2D eigenvalue weighted by molar-refractivity contribution is 0.977. The Balaban J connectivity index is 1.93. The van der Waals surface area contributed by atoms with Crippen LogP contribution in [0, 0.1) is 6.92 Å². The summed E-state index contributed by atoms with van der Waals surface area (Å²) in [4.78, 5) is 8.51. The van der Waals surface area contributed by atoms with E-state index < -0.39 is 0 Å². The smallest absolute Gasteiger partial charge is 0.200 e. The molecule has 0 aliphatic rings. The maximum Gasteiger partial charge on any atom is 0.200 e. The molecule has 0 N–H and O–H groups in total. The van der Waals surface area contributed by atoms with Crippen LogP contribution in [0.25, 0.3) is 22.8 Å². The van der Waals surface area contributed by atoms with E-state index in [0.717, 1.165) is 17.0 Å². The van der Waals surface area contributed by atoms with E-state index in [1.165, 1.54) is 5.56 Å². The van der Waals surface area contributed by atoms with Gasteiger partial charge in [0.05, 0.1) is 6.20 Å². The Morgan fingerprint density at radius 1 is 0.789 bits per heavy atom. The van der Waals surface area contributed by atoms with Gasteiger partial charge in [0.1, 0.15) is 11.4 Å². The van der Waals surface area contributed by atoms with Crippen LogP contribution in [0.1, 0.15) is 5.56 Å². The van der Waals surface area contributed by atoms with Crippen LogP contribution >= 0.6 is 0 Å². The summed E-state index contributed by atoms with van der Waals surface area (Å²) in [5, 5.41) is 8.33. The lowest BCUT2D eigenvalue weighted by Gasteiger charge is -2.01. The Morgan fingerprint density at radius 2 is 1.63 bits per heavy atom. The number of rotatable bonds is 2. The molecule has 2 aromatic heterocycles. The van der Waals surface area contributed by atoms with Gasteiger partial charge in [0.15, 0.2) is 5.82 Å². The molecule has 0 aliphatic carbocycles. The van der Waals surface area contributed by atoms with Crippen LogP contribution in [0.2, 0.25) is 0 Å². The van der Waals surface area contributed by atoms with Crippen LogP contribution in [0.15, 0.2) is 54.9 Å². The van der Waals surface area contributed by atoms with Gasteiger partial charge in [-0.25, -0.2) is 4.98 Å². The van der Waals surface area contributed by atoms with Crippen molar-refractivity contribution in [3.63, 3.8) is 0 Å². The quantitative estimate of drug-likeness (QED) is 0.699. The lowest BCUT2D eigenvalue weighted by Crippen LogP contribution is -1.95. The normalized spacial score (nSPS) is 10.4. The van der Waals surface area contributed by atoms with Crippen molar-refractivity contribution in [2.45, 2.75) is 6.92 Å². The second-order valence-corrected chi connectivity index (χ2v) is 4.25. The van der Waals surface area contributed by atoms with Crippen molar-refractivity contribution >= 4 is 0 Å². The van der Waals surface area contributed by atoms with Crippen molar-refractivity contribution in [2.24, 2.45) is 0 Å². The van der Waals surface area contributed by atoms with Crippen molar-refractivity contribution in [3.8, 4) is 22.8 Å². The molecular formula is C15H12N4. The van der Waals surface area contributed by atoms with E-state index in [9.17, 15) is 0 Å².